The topological polar surface area (TPSA) is 92.4 Å². The summed E-state index contributed by atoms with van der Waals surface area (Å²) < 4.78 is 0. The van der Waals surface area contributed by atoms with Crippen molar-refractivity contribution in [2.45, 2.75) is 25.9 Å². The third kappa shape index (κ3) is 3.29. The Morgan fingerprint density at radius 2 is 2.09 bits per heavy atom. The SMILES string of the molecule is CCc1cc(N2CC[C@@H](O)C2)nc(-c2ccc([N+](=O)[O-])cc2)n1. The van der Waals surface area contributed by atoms with Crippen molar-refractivity contribution in [3.63, 3.8) is 0 Å². The van der Waals surface area contributed by atoms with Crippen LogP contribution in [0, 0.1) is 10.1 Å². The van der Waals surface area contributed by atoms with Crippen molar-refractivity contribution in [3.05, 3.63) is 46.1 Å². The van der Waals surface area contributed by atoms with Gasteiger partial charge >= 0.3 is 0 Å². The molecule has 0 amide bonds. The molecule has 1 aromatic carbocycles. The van der Waals surface area contributed by atoms with Crippen LogP contribution in [0.5, 0.6) is 0 Å². The largest absolute Gasteiger partial charge is 0.391 e. The van der Waals surface area contributed by atoms with Gasteiger partial charge in [0.25, 0.3) is 5.69 Å². The van der Waals surface area contributed by atoms with E-state index in [0.717, 1.165) is 36.5 Å². The van der Waals surface area contributed by atoms with Gasteiger partial charge in [-0.25, -0.2) is 9.97 Å². The van der Waals surface area contributed by atoms with E-state index in [1.807, 2.05) is 17.9 Å². The van der Waals surface area contributed by atoms with Gasteiger partial charge < -0.3 is 10.0 Å². The highest BCUT2D eigenvalue weighted by atomic mass is 16.6. The third-order valence-corrected chi connectivity index (χ3v) is 3.95. The van der Waals surface area contributed by atoms with Crippen LogP contribution in [-0.2, 0) is 6.42 Å². The predicted molar refractivity (Wildman–Crippen MR) is 86.3 cm³/mol. The van der Waals surface area contributed by atoms with Crippen LogP contribution in [0.3, 0.4) is 0 Å². The quantitative estimate of drug-likeness (QED) is 0.687. The van der Waals surface area contributed by atoms with Crippen LogP contribution in [0.25, 0.3) is 11.4 Å². The molecule has 0 aliphatic carbocycles. The molecule has 0 radical (unpaired) electrons. The first-order chi connectivity index (χ1) is 11.1. The van der Waals surface area contributed by atoms with Crippen LogP contribution >= 0.6 is 0 Å². The van der Waals surface area contributed by atoms with Crippen molar-refractivity contribution in [2.24, 2.45) is 0 Å². The lowest BCUT2D eigenvalue weighted by Crippen LogP contribution is -2.22. The van der Waals surface area contributed by atoms with Gasteiger partial charge in [-0.2, -0.15) is 0 Å². The van der Waals surface area contributed by atoms with Crippen LogP contribution in [0.4, 0.5) is 11.5 Å². The van der Waals surface area contributed by atoms with E-state index < -0.39 is 4.92 Å². The number of nitro benzene ring substituents is 1. The zero-order chi connectivity index (χ0) is 16.4. The molecule has 0 unspecified atom stereocenters. The van der Waals surface area contributed by atoms with Gasteiger partial charge in [0.05, 0.1) is 11.0 Å². The molecule has 0 saturated carbocycles. The van der Waals surface area contributed by atoms with E-state index >= 15 is 0 Å². The number of aliphatic hydroxyl groups is 1. The van der Waals surface area contributed by atoms with E-state index in [1.54, 1.807) is 12.1 Å². The van der Waals surface area contributed by atoms with Crippen LogP contribution in [0.1, 0.15) is 19.0 Å². The highest BCUT2D eigenvalue weighted by Crippen LogP contribution is 2.25. The van der Waals surface area contributed by atoms with E-state index in [0.29, 0.717) is 12.4 Å². The molecule has 1 aromatic heterocycles. The molecule has 1 aliphatic rings. The minimum atomic E-state index is -0.426. The average molecular weight is 314 g/mol. The number of hydrogen-bond acceptors (Lipinski definition) is 6. The first-order valence-electron chi connectivity index (χ1n) is 7.62. The fourth-order valence-electron chi connectivity index (χ4n) is 2.64. The van der Waals surface area contributed by atoms with Gasteiger partial charge in [0.2, 0.25) is 0 Å². The van der Waals surface area contributed by atoms with Crippen molar-refractivity contribution in [1.82, 2.24) is 9.97 Å². The molecule has 1 saturated heterocycles. The lowest BCUT2D eigenvalue weighted by molar-refractivity contribution is -0.384. The Bertz CT molecular complexity index is 718. The summed E-state index contributed by atoms with van der Waals surface area (Å²) in [4.78, 5) is 21.5. The maximum absolute atomic E-state index is 10.8. The second-order valence-corrected chi connectivity index (χ2v) is 5.59. The Morgan fingerprint density at radius 3 is 2.65 bits per heavy atom. The summed E-state index contributed by atoms with van der Waals surface area (Å²) in [5.74, 6) is 1.34. The molecule has 3 rings (SSSR count). The summed E-state index contributed by atoms with van der Waals surface area (Å²) >= 11 is 0. The van der Waals surface area contributed by atoms with Crippen molar-refractivity contribution < 1.29 is 10.0 Å². The van der Waals surface area contributed by atoms with Crippen LogP contribution in [0.2, 0.25) is 0 Å². The number of nitrogens with zero attached hydrogens (tertiary/aromatic N) is 4. The average Bonchev–Trinajstić information content (AvgIpc) is 3.01. The Morgan fingerprint density at radius 1 is 1.35 bits per heavy atom. The maximum atomic E-state index is 10.8. The number of β-amino-alcohol motifs (C(OH)–C–C–N with tert-alkyl or cyclic N) is 1. The number of benzene rings is 1. The Kier molecular flexibility index (Phi) is 4.20. The van der Waals surface area contributed by atoms with Gasteiger partial charge in [0, 0.05) is 42.5 Å². The second-order valence-electron chi connectivity index (χ2n) is 5.59. The van der Waals surface area contributed by atoms with Crippen LogP contribution in [-0.4, -0.2) is 39.2 Å². The number of nitro groups is 1. The lowest BCUT2D eigenvalue weighted by atomic mass is 10.2. The highest BCUT2D eigenvalue weighted by molar-refractivity contribution is 5.60. The number of aromatic nitrogens is 2. The number of anilines is 1. The molecule has 7 heteroatoms. The molecule has 2 heterocycles. The van der Waals surface area contributed by atoms with Crippen molar-refractivity contribution in [3.8, 4) is 11.4 Å². The number of non-ortho nitro benzene ring substituents is 1. The molecule has 120 valence electrons. The molecule has 2 aromatic rings. The number of aryl methyl sites for hydroxylation is 1. The predicted octanol–water partition coefficient (Wildman–Crippen LogP) is 2.19. The molecule has 1 fully saturated rings. The number of aliphatic hydroxyl groups excluding tert-OH is 1. The monoisotopic (exact) mass is 314 g/mol. The van der Waals surface area contributed by atoms with E-state index in [2.05, 4.69) is 9.97 Å². The van der Waals surface area contributed by atoms with Crippen molar-refractivity contribution in [2.75, 3.05) is 18.0 Å². The summed E-state index contributed by atoms with van der Waals surface area (Å²) in [5, 5.41) is 20.5. The molecule has 1 aliphatic heterocycles. The van der Waals surface area contributed by atoms with E-state index in [4.69, 9.17) is 0 Å². The fourth-order valence-corrected chi connectivity index (χ4v) is 2.64. The third-order valence-electron chi connectivity index (χ3n) is 3.95. The van der Waals surface area contributed by atoms with Gasteiger partial charge in [-0.3, -0.25) is 10.1 Å². The van der Waals surface area contributed by atoms with Gasteiger partial charge in [-0.15, -0.1) is 0 Å². The van der Waals surface area contributed by atoms with Crippen molar-refractivity contribution in [1.29, 1.82) is 0 Å². The van der Waals surface area contributed by atoms with Crippen molar-refractivity contribution >= 4 is 11.5 Å². The molecule has 1 N–H and O–H groups in total. The Labute approximate surface area is 133 Å². The van der Waals surface area contributed by atoms with Gasteiger partial charge in [-0.05, 0) is 25.0 Å². The maximum Gasteiger partial charge on any atom is 0.269 e. The Balaban J connectivity index is 1.96. The standard InChI is InChI=1S/C16H18N4O3/c1-2-12-9-15(19-8-7-14(21)10-19)18-16(17-12)11-3-5-13(6-4-11)20(22)23/h3-6,9,14,21H,2,7-8,10H2,1H3/t14-/m1/s1. The van der Waals surface area contributed by atoms with Gasteiger partial charge in [-0.1, -0.05) is 6.92 Å². The van der Waals surface area contributed by atoms with Crippen LogP contribution < -0.4 is 4.90 Å². The zero-order valence-corrected chi connectivity index (χ0v) is 12.8. The summed E-state index contributed by atoms with van der Waals surface area (Å²) in [6.45, 7) is 3.35. The summed E-state index contributed by atoms with van der Waals surface area (Å²) in [7, 11) is 0. The first kappa shape index (κ1) is 15.4. The van der Waals surface area contributed by atoms with E-state index in [-0.39, 0.29) is 11.8 Å². The minimum Gasteiger partial charge on any atom is -0.391 e. The molecule has 23 heavy (non-hydrogen) atoms. The zero-order valence-electron chi connectivity index (χ0n) is 12.8. The van der Waals surface area contributed by atoms with Crippen LogP contribution in [0.15, 0.2) is 30.3 Å². The van der Waals surface area contributed by atoms with Gasteiger partial charge in [0.15, 0.2) is 5.82 Å². The lowest BCUT2D eigenvalue weighted by Gasteiger charge is -2.18. The minimum absolute atomic E-state index is 0.0447. The smallest absolute Gasteiger partial charge is 0.269 e. The first-order valence-corrected chi connectivity index (χ1v) is 7.62. The Hall–Kier alpha value is -2.54. The normalized spacial score (nSPS) is 17.5. The summed E-state index contributed by atoms with van der Waals surface area (Å²) in [6.07, 6.45) is 1.18. The highest BCUT2D eigenvalue weighted by Gasteiger charge is 2.22. The number of hydrogen-bond donors (Lipinski definition) is 1. The molecule has 7 nitrogen and oxygen atoms in total. The van der Waals surface area contributed by atoms with E-state index in [1.165, 1.54) is 12.1 Å². The summed E-state index contributed by atoms with van der Waals surface area (Å²) in [5.41, 5.74) is 1.69. The fraction of sp³-hybridized carbons (Fsp3) is 0.375. The van der Waals surface area contributed by atoms with Gasteiger partial charge in [0.1, 0.15) is 5.82 Å². The molecule has 0 bridgehead atoms. The summed E-state index contributed by atoms with van der Waals surface area (Å²) in [6, 6.07) is 8.17. The molecule has 0 spiro atoms. The molecular formula is C16H18N4O3. The molecule has 1 atom stereocenters. The number of rotatable bonds is 4. The molecular weight excluding hydrogens is 296 g/mol. The van der Waals surface area contributed by atoms with E-state index in [9.17, 15) is 15.2 Å². The second kappa shape index (κ2) is 6.29.